The number of ether oxygens (including phenoxy) is 2. The summed E-state index contributed by atoms with van der Waals surface area (Å²) in [5, 5.41) is 2.68. The first-order valence-electron chi connectivity index (χ1n) is 9.03. The van der Waals surface area contributed by atoms with E-state index in [9.17, 15) is 14.4 Å². The zero-order valence-corrected chi connectivity index (χ0v) is 16.2. The van der Waals surface area contributed by atoms with Crippen LogP contribution >= 0.6 is 0 Å². The van der Waals surface area contributed by atoms with Crippen molar-refractivity contribution in [1.29, 1.82) is 0 Å². The van der Waals surface area contributed by atoms with E-state index in [4.69, 9.17) is 9.47 Å². The SMILES string of the molecule is CCOC(=O)c1ccccc1NC(=O)CN(C(C)=O)c1ccccc1OCC. The van der Waals surface area contributed by atoms with Crippen LogP contribution in [0.4, 0.5) is 11.4 Å². The molecule has 2 aromatic carbocycles. The molecular formula is C21H24N2O5. The minimum Gasteiger partial charge on any atom is -0.492 e. The van der Waals surface area contributed by atoms with Crippen LogP contribution in [-0.4, -0.2) is 37.5 Å². The van der Waals surface area contributed by atoms with Gasteiger partial charge in [-0.2, -0.15) is 0 Å². The molecule has 0 aliphatic carbocycles. The lowest BCUT2D eigenvalue weighted by molar-refractivity contribution is -0.120. The van der Waals surface area contributed by atoms with Crippen molar-refractivity contribution in [3.8, 4) is 5.75 Å². The monoisotopic (exact) mass is 384 g/mol. The number of hydrogen-bond acceptors (Lipinski definition) is 5. The van der Waals surface area contributed by atoms with Crippen LogP contribution in [-0.2, 0) is 14.3 Å². The van der Waals surface area contributed by atoms with Gasteiger partial charge in [0.15, 0.2) is 0 Å². The molecule has 0 heterocycles. The van der Waals surface area contributed by atoms with E-state index in [1.54, 1.807) is 55.5 Å². The summed E-state index contributed by atoms with van der Waals surface area (Å²) in [6.07, 6.45) is 0. The van der Waals surface area contributed by atoms with Gasteiger partial charge in [0.2, 0.25) is 11.8 Å². The van der Waals surface area contributed by atoms with Crippen molar-refractivity contribution >= 4 is 29.2 Å². The van der Waals surface area contributed by atoms with E-state index in [-0.39, 0.29) is 24.6 Å². The van der Waals surface area contributed by atoms with Crippen molar-refractivity contribution in [2.45, 2.75) is 20.8 Å². The van der Waals surface area contributed by atoms with Crippen LogP contribution in [0.15, 0.2) is 48.5 Å². The summed E-state index contributed by atoms with van der Waals surface area (Å²) in [5.41, 5.74) is 1.08. The lowest BCUT2D eigenvalue weighted by Crippen LogP contribution is -2.37. The molecule has 0 aromatic heterocycles. The maximum Gasteiger partial charge on any atom is 0.340 e. The van der Waals surface area contributed by atoms with Crippen molar-refractivity contribution in [3.63, 3.8) is 0 Å². The van der Waals surface area contributed by atoms with Gasteiger partial charge in [0.25, 0.3) is 0 Å². The highest BCUT2D eigenvalue weighted by atomic mass is 16.5. The van der Waals surface area contributed by atoms with Crippen LogP contribution in [0.5, 0.6) is 5.75 Å². The molecule has 0 radical (unpaired) electrons. The van der Waals surface area contributed by atoms with Crippen LogP contribution in [0.1, 0.15) is 31.1 Å². The molecule has 0 unspecified atom stereocenters. The van der Waals surface area contributed by atoms with E-state index in [0.717, 1.165) is 0 Å². The van der Waals surface area contributed by atoms with E-state index in [1.807, 2.05) is 6.92 Å². The lowest BCUT2D eigenvalue weighted by Gasteiger charge is -2.23. The van der Waals surface area contributed by atoms with Crippen molar-refractivity contribution in [2.75, 3.05) is 30.0 Å². The number of rotatable bonds is 8. The Morgan fingerprint density at radius 1 is 0.964 bits per heavy atom. The second-order valence-corrected chi connectivity index (χ2v) is 5.82. The fourth-order valence-corrected chi connectivity index (χ4v) is 2.64. The maximum absolute atomic E-state index is 12.6. The first kappa shape index (κ1) is 21.0. The van der Waals surface area contributed by atoms with Gasteiger partial charge in [-0.15, -0.1) is 0 Å². The Hall–Kier alpha value is -3.35. The highest BCUT2D eigenvalue weighted by Crippen LogP contribution is 2.28. The first-order chi connectivity index (χ1) is 13.5. The Labute approximate surface area is 164 Å². The molecule has 2 amide bonds. The molecule has 0 bridgehead atoms. The van der Waals surface area contributed by atoms with Crippen LogP contribution in [0.3, 0.4) is 0 Å². The van der Waals surface area contributed by atoms with Crippen LogP contribution in [0.25, 0.3) is 0 Å². The molecule has 1 N–H and O–H groups in total. The van der Waals surface area contributed by atoms with E-state index in [0.29, 0.717) is 23.7 Å². The van der Waals surface area contributed by atoms with Gasteiger partial charge >= 0.3 is 5.97 Å². The van der Waals surface area contributed by atoms with Gasteiger partial charge in [0.05, 0.1) is 30.2 Å². The highest BCUT2D eigenvalue weighted by Gasteiger charge is 2.21. The van der Waals surface area contributed by atoms with Gasteiger partial charge in [0.1, 0.15) is 12.3 Å². The van der Waals surface area contributed by atoms with Crippen LogP contribution in [0, 0.1) is 0 Å². The average molecular weight is 384 g/mol. The Morgan fingerprint density at radius 3 is 2.32 bits per heavy atom. The molecular weight excluding hydrogens is 360 g/mol. The van der Waals surface area contributed by atoms with E-state index < -0.39 is 11.9 Å². The minimum absolute atomic E-state index is 0.226. The Bertz CT molecular complexity index is 850. The molecule has 7 heteroatoms. The van der Waals surface area contributed by atoms with Gasteiger partial charge < -0.3 is 14.8 Å². The van der Waals surface area contributed by atoms with Crippen molar-refractivity contribution in [3.05, 3.63) is 54.1 Å². The normalized spacial score (nSPS) is 10.1. The molecule has 2 rings (SSSR count). The minimum atomic E-state index is -0.525. The highest BCUT2D eigenvalue weighted by molar-refractivity contribution is 6.05. The summed E-state index contributed by atoms with van der Waals surface area (Å²) in [6.45, 7) is 5.36. The molecule has 0 spiro atoms. The van der Waals surface area contributed by atoms with Crippen molar-refractivity contribution in [1.82, 2.24) is 0 Å². The smallest absolute Gasteiger partial charge is 0.340 e. The third-order valence-electron chi connectivity index (χ3n) is 3.83. The molecule has 0 aliphatic rings. The average Bonchev–Trinajstić information content (AvgIpc) is 2.67. The number of carbonyl (C=O) groups is 3. The van der Waals surface area contributed by atoms with Gasteiger partial charge in [0, 0.05) is 6.92 Å². The molecule has 7 nitrogen and oxygen atoms in total. The predicted octanol–water partition coefficient (Wildman–Crippen LogP) is 3.25. The number of carbonyl (C=O) groups excluding carboxylic acids is 3. The quantitative estimate of drug-likeness (QED) is 0.706. The molecule has 0 saturated carbocycles. The third-order valence-corrected chi connectivity index (χ3v) is 3.83. The fraction of sp³-hybridized carbons (Fsp3) is 0.286. The number of esters is 1. The zero-order chi connectivity index (χ0) is 20.5. The molecule has 2 aromatic rings. The Kier molecular flexibility index (Phi) is 7.56. The Morgan fingerprint density at radius 2 is 1.64 bits per heavy atom. The molecule has 148 valence electrons. The maximum atomic E-state index is 12.6. The van der Waals surface area contributed by atoms with Crippen molar-refractivity contribution < 1.29 is 23.9 Å². The topological polar surface area (TPSA) is 84.9 Å². The van der Waals surface area contributed by atoms with Gasteiger partial charge in [-0.25, -0.2) is 4.79 Å². The number of nitrogens with one attached hydrogen (secondary N) is 1. The molecule has 0 saturated heterocycles. The number of benzene rings is 2. The van der Waals surface area contributed by atoms with Crippen molar-refractivity contribution in [2.24, 2.45) is 0 Å². The van der Waals surface area contributed by atoms with Gasteiger partial charge in [-0.3, -0.25) is 14.5 Å². The first-order valence-corrected chi connectivity index (χ1v) is 9.03. The number of hydrogen-bond donors (Lipinski definition) is 1. The van der Waals surface area contributed by atoms with E-state index in [2.05, 4.69) is 5.32 Å². The molecule has 0 aliphatic heterocycles. The number of nitrogens with zero attached hydrogens (tertiary/aromatic N) is 1. The van der Waals surface area contributed by atoms with Gasteiger partial charge in [-0.1, -0.05) is 24.3 Å². The number of amides is 2. The second-order valence-electron chi connectivity index (χ2n) is 5.82. The standard InChI is InChI=1S/C21H24N2O5/c1-4-27-19-13-9-8-12-18(19)23(15(3)24)14-20(25)22-17-11-7-6-10-16(17)21(26)28-5-2/h6-13H,4-5,14H2,1-3H3,(H,22,25). The Balaban J connectivity index is 2.21. The summed E-state index contributed by atoms with van der Waals surface area (Å²) in [7, 11) is 0. The molecule has 0 atom stereocenters. The second kappa shape index (κ2) is 10.1. The molecule has 0 fully saturated rings. The summed E-state index contributed by atoms with van der Waals surface area (Å²) < 4.78 is 10.6. The third kappa shape index (κ3) is 5.33. The lowest BCUT2D eigenvalue weighted by atomic mass is 10.1. The summed E-state index contributed by atoms with van der Waals surface area (Å²) >= 11 is 0. The van der Waals surface area contributed by atoms with Gasteiger partial charge in [-0.05, 0) is 38.1 Å². The summed E-state index contributed by atoms with van der Waals surface area (Å²) in [6, 6.07) is 13.6. The summed E-state index contributed by atoms with van der Waals surface area (Å²) in [5.74, 6) is -0.761. The number of para-hydroxylation sites is 3. The van der Waals surface area contributed by atoms with E-state index >= 15 is 0 Å². The molecule has 28 heavy (non-hydrogen) atoms. The van der Waals surface area contributed by atoms with Crippen LogP contribution in [0.2, 0.25) is 0 Å². The summed E-state index contributed by atoms with van der Waals surface area (Å²) in [4.78, 5) is 38.2. The predicted molar refractivity (Wildman–Crippen MR) is 107 cm³/mol. The number of anilines is 2. The van der Waals surface area contributed by atoms with Crippen LogP contribution < -0.4 is 15.0 Å². The zero-order valence-electron chi connectivity index (χ0n) is 16.2. The van der Waals surface area contributed by atoms with E-state index in [1.165, 1.54) is 11.8 Å². The largest absolute Gasteiger partial charge is 0.492 e. The fourth-order valence-electron chi connectivity index (χ4n) is 2.64.